The van der Waals surface area contributed by atoms with Gasteiger partial charge in [0.15, 0.2) is 6.10 Å². The van der Waals surface area contributed by atoms with Crippen LogP contribution in [0.4, 0.5) is 0 Å². The molecule has 71 heavy (non-hydrogen) atoms. The standard InChI is InChI=1S/C62H117NO8/c1-6-8-10-12-14-16-18-20-22-24-26-28-29-30-31-33-35-37-39-41-43-45-47-49-51-53-60(65)71-58(57-70-62(61(66)67)68-55-54-63(3,4)5)56-69-59(64)52-50-48-46-44-42-40-38-36-34-32-27-25-23-21-19-17-15-13-11-9-7-2/h24-27,58,62H,6-23,28-57H2,1-5H3/p+1/b26-24-,27-25-. The summed E-state index contributed by atoms with van der Waals surface area (Å²) < 4.78 is 22.9. The molecule has 2 atom stereocenters. The van der Waals surface area contributed by atoms with Crippen LogP contribution in [0.3, 0.4) is 0 Å². The summed E-state index contributed by atoms with van der Waals surface area (Å²) in [6, 6.07) is 0. The predicted octanol–water partition coefficient (Wildman–Crippen LogP) is 17.9. The fraction of sp³-hybridized carbons (Fsp3) is 0.887. The van der Waals surface area contributed by atoms with E-state index in [1.54, 1.807) is 0 Å². The molecule has 0 heterocycles. The van der Waals surface area contributed by atoms with Crippen LogP contribution < -0.4 is 0 Å². The molecule has 0 aliphatic rings. The molecule has 0 saturated carbocycles. The average Bonchev–Trinajstić information content (AvgIpc) is 3.34. The topological polar surface area (TPSA) is 108 Å². The van der Waals surface area contributed by atoms with Crippen LogP contribution in [-0.4, -0.2) is 87.4 Å². The van der Waals surface area contributed by atoms with E-state index in [-0.39, 0.29) is 38.2 Å². The molecule has 0 aromatic carbocycles. The summed E-state index contributed by atoms with van der Waals surface area (Å²) in [7, 11) is 5.98. The Morgan fingerprint density at radius 1 is 0.408 bits per heavy atom. The van der Waals surface area contributed by atoms with E-state index >= 15 is 0 Å². The largest absolute Gasteiger partial charge is 0.477 e. The highest BCUT2D eigenvalue weighted by Gasteiger charge is 2.25. The van der Waals surface area contributed by atoms with Gasteiger partial charge in [0, 0.05) is 12.8 Å². The first kappa shape index (κ1) is 68.8. The zero-order chi connectivity index (χ0) is 52.0. The molecule has 9 nitrogen and oxygen atoms in total. The lowest BCUT2D eigenvalue weighted by Gasteiger charge is -2.25. The number of rotatable bonds is 57. The van der Waals surface area contributed by atoms with E-state index in [4.69, 9.17) is 18.9 Å². The van der Waals surface area contributed by atoms with E-state index in [9.17, 15) is 19.5 Å². The van der Waals surface area contributed by atoms with Gasteiger partial charge in [0.2, 0.25) is 0 Å². The van der Waals surface area contributed by atoms with Gasteiger partial charge in [-0.3, -0.25) is 9.59 Å². The third kappa shape index (κ3) is 55.4. The summed E-state index contributed by atoms with van der Waals surface area (Å²) in [6.45, 7) is 4.92. The molecule has 0 amide bonds. The van der Waals surface area contributed by atoms with Gasteiger partial charge in [-0.1, -0.05) is 244 Å². The Morgan fingerprint density at radius 2 is 0.718 bits per heavy atom. The molecule has 0 radical (unpaired) electrons. The zero-order valence-electron chi connectivity index (χ0n) is 47.7. The molecular formula is C62H118NO8+. The number of hydrogen-bond acceptors (Lipinski definition) is 7. The summed E-state index contributed by atoms with van der Waals surface area (Å²) in [6.07, 6.45) is 61.2. The number of quaternary nitrogens is 1. The fourth-order valence-corrected chi connectivity index (χ4v) is 8.95. The molecule has 0 saturated heterocycles. The maximum Gasteiger partial charge on any atom is 0.361 e. The Hall–Kier alpha value is -2.23. The Morgan fingerprint density at radius 3 is 1.04 bits per heavy atom. The number of allylic oxidation sites excluding steroid dienone is 4. The maximum absolute atomic E-state index is 12.9. The summed E-state index contributed by atoms with van der Waals surface area (Å²) in [5.41, 5.74) is 0. The molecule has 0 rings (SSSR count). The minimum Gasteiger partial charge on any atom is -0.477 e. The first-order valence-corrected chi connectivity index (χ1v) is 30.5. The van der Waals surface area contributed by atoms with Crippen molar-refractivity contribution < 1.29 is 42.9 Å². The molecule has 0 aromatic heterocycles. The lowest BCUT2D eigenvalue weighted by Crippen LogP contribution is -2.40. The SMILES string of the molecule is CCCCCCCCCC/C=C\CCCCCCCCCCCCCCCC(=O)OC(COC(=O)CCCCCCCCCCC/C=C\CCCCCCCCCC)COC(OCC[N+](C)(C)C)C(=O)O. The first-order valence-electron chi connectivity index (χ1n) is 30.5. The number of carboxylic acid groups (broad SMARTS) is 1. The highest BCUT2D eigenvalue weighted by molar-refractivity contribution is 5.71. The van der Waals surface area contributed by atoms with Crippen LogP contribution in [0, 0.1) is 0 Å². The van der Waals surface area contributed by atoms with Crippen LogP contribution >= 0.6 is 0 Å². The number of carbonyl (C=O) groups is 3. The molecule has 9 heteroatoms. The molecule has 0 spiro atoms. The second-order valence-corrected chi connectivity index (χ2v) is 22.0. The highest BCUT2D eigenvalue weighted by atomic mass is 16.7. The maximum atomic E-state index is 12.9. The average molecular weight is 1010 g/mol. The number of esters is 2. The number of unbranched alkanes of at least 4 members (excludes halogenated alkanes) is 38. The van der Waals surface area contributed by atoms with E-state index < -0.39 is 18.4 Å². The van der Waals surface area contributed by atoms with Crippen molar-refractivity contribution in [3.8, 4) is 0 Å². The van der Waals surface area contributed by atoms with Gasteiger partial charge in [-0.15, -0.1) is 0 Å². The first-order chi connectivity index (χ1) is 34.6. The van der Waals surface area contributed by atoms with Crippen molar-refractivity contribution in [2.75, 3.05) is 47.5 Å². The van der Waals surface area contributed by atoms with Crippen LogP contribution in [0.5, 0.6) is 0 Å². The van der Waals surface area contributed by atoms with Crippen molar-refractivity contribution >= 4 is 17.9 Å². The normalized spacial score (nSPS) is 12.9. The second kappa shape index (κ2) is 54.0. The number of hydrogen-bond donors (Lipinski definition) is 1. The van der Waals surface area contributed by atoms with Gasteiger partial charge in [-0.05, 0) is 64.2 Å². The molecule has 0 aromatic rings. The van der Waals surface area contributed by atoms with Crippen LogP contribution in [0.1, 0.15) is 296 Å². The Balaban J connectivity index is 4.19. The summed E-state index contributed by atoms with van der Waals surface area (Å²) in [5, 5.41) is 9.71. The van der Waals surface area contributed by atoms with Crippen molar-refractivity contribution in [1.82, 2.24) is 0 Å². The van der Waals surface area contributed by atoms with Crippen LogP contribution in [0.15, 0.2) is 24.3 Å². The van der Waals surface area contributed by atoms with Gasteiger partial charge in [-0.25, -0.2) is 4.79 Å². The second-order valence-electron chi connectivity index (χ2n) is 22.0. The number of ether oxygens (including phenoxy) is 4. The van der Waals surface area contributed by atoms with Gasteiger partial charge >= 0.3 is 17.9 Å². The fourth-order valence-electron chi connectivity index (χ4n) is 8.95. The molecule has 0 aliphatic heterocycles. The number of carbonyl (C=O) groups excluding carboxylic acids is 2. The quantitative estimate of drug-likeness (QED) is 0.0211. The molecule has 0 aliphatic carbocycles. The third-order valence-corrected chi connectivity index (χ3v) is 13.7. The van der Waals surface area contributed by atoms with E-state index in [0.717, 1.165) is 38.5 Å². The lowest BCUT2D eigenvalue weighted by atomic mass is 10.0. The smallest absolute Gasteiger partial charge is 0.361 e. The monoisotopic (exact) mass is 1000 g/mol. The van der Waals surface area contributed by atoms with Gasteiger partial charge in [0.25, 0.3) is 6.29 Å². The van der Waals surface area contributed by atoms with Crippen molar-refractivity contribution in [1.29, 1.82) is 0 Å². The van der Waals surface area contributed by atoms with Crippen LogP contribution in [0.2, 0.25) is 0 Å². The van der Waals surface area contributed by atoms with E-state index in [1.807, 2.05) is 21.1 Å². The zero-order valence-corrected chi connectivity index (χ0v) is 47.7. The van der Waals surface area contributed by atoms with Gasteiger partial charge in [-0.2, -0.15) is 0 Å². The predicted molar refractivity (Wildman–Crippen MR) is 300 cm³/mol. The highest BCUT2D eigenvalue weighted by Crippen LogP contribution is 2.17. The number of carboxylic acids is 1. The molecule has 0 bridgehead atoms. The van der Waals surface area contributed by atoms with Crippen molar-refractivity contribution in [3.05, 3.63) is 24.3 Å². The van der Waals surface area contributed by atoms with Crippen LogP contribution in [0.25, 0.3) is 0 Å². The van der Waals surface area contributed by atoms with Crippen LogP contribution in [-0.2, 0) is 33.3 Å². The number of nitrogens with zero attached hydrogens (tertiary/aromatic N) is 1. The molecule has 1 N–H and O–H groups in total. The van der Waals surface area contributed by atoms with E-state index in [1.165, 1.54) is 231 Å². The minimum atomic E-state index is -1.51. The molecule has 418 valence electrons. The van der Waals surface area contributed by atoms with Gasteiger partial charge < -0.3 is 28.5 Å². The lowest BCUT2D eigenvalue weighted by molar-refractivity contribution is -0.870. The summed E-state index contributed by atoms with van der Waals surface area (Å²) >= 11 is 0. The van der Waals surface area contributed by atoms with E-state index in [2.05, 4.69) is 38.2 Å². The van der Waals surface area contributed by atoms with Gasteiger partial charge in [0.1, 0.15) is 13.2 Å². The van der Waals surface area contributed by atoms with Crippen molar-refractivity contribution in [2.45, 2.75) is 309 Å². The Bertz CT molecular complexity index is 1210. The number of aliphatic carboxylic acids is 1. The van der Waals surface area contributed by atoms with Crippen molar-refractivity contribution in [2.24, 2.45) is 0 Å². The Kier molecular flexibility index (Phi) is 52.3. The van der Waals surface area contributed by atoms with E-state index in [0.29, 0.717) is 17.4 Å². The van der Waals surface area contributed by atoms with Crippen molar-refractivity contribution in [3.63, 3.8) is 0 Å². The van der Waals surface area contributed by atoms with Gasteiger partial charge in [0.05, 0.1) is 34.4 Å². The third-order valence-electron chi connectivity index (χ3n) is 13.7. The number of likely N-dealkylation sites (N-methyl/N-ethyl adjacent to an activating group) is 1. The minimum absolute atomic E-state index is 0.179. The molecule has 0 fully saturated rings. The Labute approximate surface area is 439 Å². The molecular weight excluding hydrogens is 887 g/mol. The molecule has 2 unspecified atom stereocenters. The summed E-state index contributed by atoms with van der Waals surface area (Å²) in [5.74, 6) is -1.99. The summed E-state index contributed by atoms with van der Waals surface area (Å²) in [4.78, 5) is 37.5.